The van der Waals surface area contributed by atoms with Crippen LogP contribution in [-0.2, 0) is 6.42 Å². The monoisotopic (exact) mass is 222 g/mol. The van der Waals surface area contributed by atoms with Crippen LogP contribution in [0.1, 0.15) is 24.3 Å². The summed E-state index contributed by atoms with van der Waals surface area (Å²) in [6.45, 7) is 5.50. The molecule has 0 aromatic carbocycles. The minimum absolute atomic E-state index is 0.00279. The molecule has 0 bridgehead atoms. The molecular weight excluding hydrogens is 208 g/mol. The van der Waals surface area contributed by atoms with Gasteiger partial charge < -0.3 is 14.7 Å². The second-order valence-corrected chi connectivity index (χ2v) is 3.84. The van der Waals surface area contributed by atoms with Crippen molar-refractivity contribution >= 4 is 0 Å². The van der Waals surface area contributed by atoms with Crippen LogP contribution in [0.15, 0.2) is 8.94 Å². The van der Waals surface area contributed by atoms with Crippen molar-refractivity contribution in [3.05, 3.63) is 17.4 Å². The van der Waals surface area contributed by atoms with Gasteiger partial charge in [-0.2, -0.15) is 4.98 Å². The van der Waals surface area contributed by atoms with Gasteiger partial charge in [-0.1, -0.05) is 5.16 Å². The first kappa shape index (κ1) is 10.8. The van der Waals surface area contributed by atoms with Gasteiger partial charge in [0.1, 0.15) is 0 Å². The van der Waals surface area contributed by atoms with Crippen molar-refractivity contribution in [3.63, 3.8) is 0 Å². The van der Waals surface area contributed by atoms with E-state index in [9.17, 15) is 0 Å². The summed E-state index contributed by atoms with van der Waals surface area (Å²) in [6, 6.07) is 0.00279. The number of hydrogen-bond donors (Lipinski definition) is 1. The molecule has 0 radical (unpaired) electrons. The van der Waals surface area contributed by atoms with Crippen LogP contribution in [0, 0.1) is 13.8 Å². The van der Waals surface area contributed by atoms with Crippen LogP contribution in [0.2, 0.25) is 0 Å². The summed E-state index contributed by atoms with van der Waals surface area (Å²) < 4.78 is 10.5. The Hall–Kier alpha value is -1.69. The summed E-state index contributed by atoms with van der Waals surface area (Å²) in [6.07, 6.45) is 0.579. The second kappa shape index (κ2) is 4.05. The van der Waals surface area contributed by atoms with Crippen molar-refractivity contribution < 1.29 is 8.94 Å². The molecule has 0 saturated carbocycles. The van der Waals surface area contributed by atoms with E-state index in [0.717, 1.165) is 5.69 Å². The lowest BCUT2D eigenvalue weighted by atomic mass is 10.2. The minimum Gasteiger partial charge on any atom is -0.436 e. The fourth-order valence-electron chi connectivity index (χ4n) is 1.45. The van der Waals surface area contributed by atoms with Gasteiger partial charge in [-0.3, -0.25) is 0 Å². The standard InChI is InChI=1S/C10H14N4O2/c1-5(11)4-8-13-10(16-14-8)9-6(2)12-7(3)15-9/h5H,4,11H2,1-3H3. The molecule has 2 heterocycles. The summed E-state index contributed by atoms with van der Waals surface area (Å²) in [5.74, 6) is 2.05. The first-order valence-corrected chi connectivity index (χ1v) is 5.09. The first-order valence-electron chi connectivity index (χ1n) is 5.09. The van der Waals surface area contributed by atoms with Gasteiger partial charge in [0, 0.05) is 19.4 Å². The lowest BCUT2D eigenvalue weighted by Gasteiger charge is -1.96. The Labute approximate surface area is 92.9 Å². The molecule has 0 fully saturated rings. The first-order chi connectivity index (χ1) is 7.56. The van der Waals surface area contributed by atoms with Crippen molar-refractivity contribution in [2.75, 3.05) is 0 Å². The van der Waals surface area contributed by atoms with E-state index >= 15 is 0 Å². The summed E-state index contributed by atoms with van der Waals surface area (Å²) in [5.41, 5.74) is 6.39. The van der Waals surface area contributed by atoms with Crippen LogP contribution in [0.3, 0.4) is 0 Å². The number of oxazole rings is 1. The van der Waals surface area contributed by atoms with E-state index in [4.69, 9.17) is 14.7 Å². The Morgan fingerprint density at radius 1 is 1.31 bits per heavy atom. The fourth-order valence-corrected chi connectivity index (χ4v) is 1.45. The zero-order valence-electron chi connectivity index (χ0n) is 9.52. The predicted octanol–water partition coefficient (Wildman–Crippen LogP) is 1.23. The van der Waals surface area contributed by atoms with Crippen LogP contribution < -0.4 is 5.73 Å². The van der Waals surface area contributed by atoms with Crippen molar-refractivity contribution in [2.45, 2.75) is 33.2 Å². The number of aryl methyl sites for hydroxylation is 2. The normalized spacial score (nSPS) is 13.0. The van der Waals surface area contributed by atoms with Gasteiger partial charge >= 0.3 is 0 Å². The van der Waals surface area contributed by atoms with Gasteiger partial charge in [-0.15, -0.1) is 0 Å². The summed E-state index contributed by atoms with van der Waals surface area (Å²) in [5, 5.41) is 3.83. The van der Waals surface area contributed by atoms with Crippen LogP contribution in [0.25, 0.3) is 11.7 Å². The van der Waals surface area contributed by atoms with E-state index in [1.165, 1.54) is 0 Å². The molecule has 2 aromatic heterocycles. The van der Waals surface area contributed by atoms with Gasteiger partial charge in [-0.05, 0) is 13.8 Å². The lowest BCUT2D eigenvalue weighted by Crippen LogP contribution is -2.18. The minimum atomic E-state index is 0.00279. The second-order valence-electron chi connectivity index (χ2n) is 3.84. The molecular formula is C10H14N4O2. The topological polar surface area (TPSA) is 91.0 Å². The van der Waals surface area contributed by atoms with Crippen molar-refractivity contribution in [2.24, 2.45) is 5.73 Å². The SMILES string of the molecule is Cc1nc(C)c(-c2nc(CC(C)N)no2)o1. The molecule has 86 valence electrons. The fraction of sp³-hybridized carbons (Fsp3) is 0.500. The van der Waals surface area contributed by atoms with Crippen LogP contribution in [0.5, 0.6) is 0 Å². The zero-order chi connectivity index (χ0) is 11.7. The van der Waals surface area contributed by atoms with E-state index in [2.05, 4.69) is 15.1 Å². The smallest absolute Gasteiger partial charge is 0.295 e. The van der Waals surface area contributed by atoms with E-state index in [0.29, 0.717) is 29.8 Å². The maximum absolute atomic E-state index is 5.65. The maximum atomic E-state index is 5.65. The third-order valence-electron chi connectivity index (χ3n) is 2.07. The summed E-state index contributed by atoms with van der Waals surface area (Å²) in [4.78, 5) is 8.34. The lowest BCUT2D eigenvalue weighted by molar-refractivity contribution is 0.404. The molecule has 0 spiro atoms. The third kappa shape index (κ3) is 2.11. The molecule has 2 aromatic rings. The molecule has 0 aliphatic rings. The Morgan fingerprint density at radius 3 is 2.62 bits per heavy atom. The zero-order valence-corrected chi connectivity index (χ0v) is 9.52. The van der Waals surface area contributed by atoms with Gasteiger partial charge in [0.15, 0.2) is 11.7 Å². The highest BCUT2D eigenvalue weighted by Gasteiger charge is 2.17. The molecule has 6 heteroatoms. The molecule has 2 N–H and O–H groups in total. The highest BCUT2D eigenvalue weighted by atomic mass is 16.5. The highest BCUT2D eigenvalue weighted by Crippen LogP contribution is 2.22. The average Bonchev–Trinajstić information content (AvgIpc) is 2.72. The van der Waals surface area contributed by atoms with Gasteiger partial charge in [0.25, 0.3) is 5.89 Å². The number of nitrogens with two attached hydrogens (primary N) is 1. The summed E-state index contributed by atoms with van der Waals surface area (Å²) in [7, 11) is 0. The van der Waals surface area contributed by atoms with E-state index in [1.807, 2.05) is 13.8 Å². The van der Waals surface area contributed by atoms with Gasteiger partial charge in [-0.25, -0.2) is 4.98 Å². The largest absolute Gasteiger partial charge is 0.436 e. The van der Waals surface area contributed by atoms with Crippen molar-refractivity contribution in [3.8, 4) is 11.7 Å². The van der Waals surface area contributed by atoms with Gasteiger partial charge in [0.2, 0.25) is 5.76 Å². The van der Waals surface area contributed by atoms with E-state index in [-0.39, 0.29) is 6.04 Å². The molecule has 0 saturated heterocycles. The van der Waals surface area contributed by atoms with Crippen molar-refractivity contribution in [1.29, 1.82) is 0 Å². The molecule has 16 heavy (non-hydrogen) atoms. The summed E-state index contributed by atoms with van der Waals surface area (Å²) >= 11 is 0. The quantitative estimate of drug-likeness (QED) is 0.839. The predicted molar refractivity (Wildman–Crippen MR) is 56.6 cm³/mol. The Balaban J connectivity index is 2.28. The molecule has 2 rings (SSSR count). The van der Waals surface area contributed by atoms with E-state index in [1.54, 1.807) is 6.92 Å². The Kier molecular flexibility index (Phi) is 2.74. The number of aromatic nitrogens is 3. The molecule has 0 aliphatic heterocycles. The van der Waals surface area contributed by atoms with E-state index < -0.39 is 0 Å². The van der Waals surface area contributed by atoms with Crippen LogP contribution >= 0.6 is 0 Å². The number of nitrogens with zero attached hydrogens (tertiary/aromatic N) is 3. The third-order valence-corrected chi connectivity index (χ3v) is 2.07. The molecule has 6 nitrogen and oxygen atoms in total. The molecule has 0 amide bonds. The number of hydrogen-bond acceptors (Lipinski definition) is 6. The molecule has 1 atom stereocenters. The molecule has 1 unspecified atom stereocenters. The maximum Gasteiger partial charge on any atom is 0.295 e. The van der Waals surface area contributed by atoms with Crippen LogP contribution in [0.4, 0.5) is 0 Å². The van der Waals surface area contributed by atoms with Crippen LogP contribution in [-0.4, -0.2) is 21.2 Å². The highest BCUT2D eigenvalue weighted by molar-refractivity contribution is 5.47. The van der Waals surface area contributed by atoms with Crippen molar-refractivity contribution in [1.82, 2.24) is 15.1 Å². The molecule has 0 aliphatic carbocycles. The Bertz CT molecular complexity index is 487. The number of rotatable bonds is 3. The average molecular weight is 222 g/mol. The van der Waals surface area contributed by atoms with Gasteiger partial charge in [0.05, 0.1) is 5.69 Å². The Morgan fingerprint density at radius 2 is 2.06 bits per heavy atom.